The van der Waals surface area contributed by atoms with Crippen molar-refractivity contribution in [2.75, 3.05) is 6.61 Å². The van der Waals surface area contributed by atoms with Gasteiger partial charge in [-0.1, -0.05) is 67.3 Å². The summed E-state index contributed by atoms with van der Waals surface area (Å²) in [6.07, 6.45) is 1.08. The summed E-state index contributed by atoms with van der Waals surface area (Å²) in [5.41, 5.74) is 4.50. The van der Waals surface area contributed by atoms with Crippen molar-refractivity contribution < 1.29 is 9.53 Å². The molecule has 0 bridgehead atoms. The Morgan fingerprint density at radius 3 is 2.43 bits per heavy atom. The molecule has 1 unspecified atom stereocenters. The molecule has 0 saturated carbocycles. The second kappa shape index (κ2) is 9.64. The lowest BCUT2D eigenvalue weighted by atomic mass is 9.88. The predicted octanol–water partition coefficient (Wildman–Crippen LogP) is 6.24. The van der Waals surface area contributed by atoms with Gasteiger partial charge in [0.05, 0.1) is 13.2 Å². The van der Waals surface area contributed by atoms with Crippen LogP contribution in [0.4, 0.5) is 0 Å². The lowest BCUT2D eigenvalue weighted by molar-refractivity contribution is -0.114. The van der Waals surface area contributed by atoms with Gasteiger partial charge < -0.3 is 4.74 Å². The number of carbonyl (C=O) groups excluding carboxylic acids is 1. The first-order valence-electron chi connectivity index (χ1n) is 9.64. The van der Waals surface area contributed by atoms with Gasteiger partial charge in [-0.05, 0) is 49.1 Å². The summed E-state index contributed by atoms with van der Waals surface area (Å²) in [4.78, 5) is 15.6. The largest absolute Gasteiger partial charge is 0.376 e. The van der Waals surface area contributed by atoms with Crippen LogP contribution >= 0.6 is 24.0 Å². The number of aryl methyl sites for hydroxylation is 2. The van der Waals surface area contributed by atoms with Gasteiger partial charge in [0.2, 0.25) is 0 Å². The molecule has 0 amide bonds. The molecule has 2 aromatic rings. The van der Waals surface area contributed by atoms with Gasteiger partial charge in [-0.3, -0.25) is 4.79 Å². The van der Waals surface area contributed by atoms with E-state index in [9.17, 15) is 4.79 Å². The third-order valence-electron chi connectivity index (χ3n) is 4.85. The molecule has 2 nitrogen and oxygen atoms in total. The smallest absolute Gasteiger partial charge is 0.164 e. The van der Waals surface area contributed by atoms with Crippen molar-refractivity contribution in [3.05, 3.63) is 75.7 Å². The molecule has 146 valence electrons. The number of ketones is 1. The van der Waals surface area contributed by atoms with E-state index in [0.29, 0.717) is 19.6 Å². The molecule has 2 aromatic carbocycles. The molecule has 0 radical (unpaired) electrons. The third-order valence-corrected chi connectivity index (χ3v) is 6.50. The monoisotopic (exact) mass is 410 g/mol. The first-order chi connectivity index (χ1) is 13.5. The number of allylic oxidation sites excluding steroid dienone is 1. The first-order valence-corrected chi connectivity index (χ1v) is 10.9. The molecule has 0 saturated heterocycles. The lowest BCUT2D eigenvalue weighted by Crippen LogP contribution is -2.29. The summed E-state index contributed by atoms with van der Waals surface area (Å²) in [7, 11) is 0. The zero-order chi connectivity index (χ0) is 20.1. The Balaban J connectivity index is 1.83. The van der Waals surface area contributed by atoms with Crippen LogP contribution in [-0.2, 0) is 16.1 Å². The summed E-state index contributed by atoms with van der Waals surface area (Å²) in [5.74, 6) is 0.163. The quantitative estimate of drug-likeness (QED) is 0.505. The summed E-state index contributed by atoms with van der Waals surface area (Å²) in [6, 6.07) is 16.6. The van der Waals surface area contributed by atoms with Gasteiger partial charge in [0, 0.05) is 32.6 Å². The van der Waals surface area contributed by atoms with Gasteiger partial charge in [0.15, 0.2) is 5.78 Å². The fraction of sp³-hybridized carbons (Fsp3) is 0.333. The van der Waals surface area contributed by atoms with Crippen LogP contribution in [0.5, 0.6) is 0 Å². The molecule has 0 spiro atoms. The average molecular weight is 411 g/mol. The maximum Gasteiger partial charge on any atom is 0.164 e. The summed E-state index contributed by atoms with van der Waals surface area (Å²) >= 11 is 7.31. The minimum atomic E-state index is -0.00261. The number of hydrogen-bond donors (Lipinski definition) is 0. The number of rotatable bonds is 7. The number of carbonyl (C=O) groups is 1. The molecule has 0 heterocycles. The molecule has 4 heteroatoms. The first kappa shape index (κ1) is 21.0. The molecular formula is C24H26O2S2. The summed E-state index contributed by atoms with van der Waals surface area (Å²) in [6.45, 7) is 7.31. The highest BCUT2D eigenvalue weighted by Gasteiger charge is 2.32. The Hall–Kier alpha value is -1.75. The van der Waals surface area contributed by atoms with Gasteiger partial charge in [-0.15, -0.1) is 0 Å². The van der Waals surface area contributed by atoms with Crippen LogP contribution in [0.25, 0.3) is 0 Å². The van der Waals surface area contributed by atoms with Gasteiger partial charge in [-0.2, -0.15) is 0 Å². The van der Waals surface area contributed by atoms with E-state index in [2.05, 4.69) is 44.2 Å². The van der Waals surface area contributed by atoms with Gasteiger partial charge in [-0.25, -0.2) is 0 Å². The number of Topliss-reactive ketones (excluding diaryl/α,β-unsaturated/α-hetero) is 1. The number of thiocarbonyl (C=S) groups is 1. The molecule has 0 fully saturated rings. The highest BCUT2D eigenvalue weighted by molar-refractivity contribution is 8.03. The second-order valence-corrected chi connectivity index (χ2v) is 8.88. The van der Waals surface area contributed by atoms with Gasteiger partial charge in [0.1, 0.15) is 0 Å². The zero-order valence-corrected chi connectivity index (χ0v) is 18.3. The van der Waals surface area contributed by atoms with Crippen LogP contribution in [0.2, 0.25) is 0 Å². The summed E-state index contributed by atoms with van der Waals surface area (Å²) < 4.78 is 6.03. The standard InChI is InChI=1S/C24H26O2S2/c1-4-20-22(25)13-23(27)21(15-26-14-18-8-6-5-7-9-18)24(20)28-19-11-16(2)10-17(3)12-19/h5-12,21H,4,13-15H2,1-3H3. The third kappa shape index (κ3) is 5.19. The number of thioether (sulfide) groups is 1. The van der Waals surface area contributed by atoms with Crippen molar-refractivity contribution >= 4 is 34.6 Å². The second-order valence-electron chi connectivity index (χ2n) is 7.24. The van der Waals surface area contributed by atoms with Crippen LogP contribution < -0.4 is 0 Å². The van der Waals surface area contributed by atoms with E-state index >= 15 is 0 Å². The highest BCUT2D eigenvalue weighted by Crippen LogP contribution is 2.41. The molecule has 28 heavy (non-hydrogen) atoms. The van der Waals surface area contributed by atoms with Crippen molar-refractivity contribution in [2.45, 2.75) is 45.1 Å². The topological polar surface area (TPSA) is 26.3 Å². The zero-order valence-electron chi connectivity index (χ0n) is 16.7. The van der Waals surface area contributed by atoms with Gasteiger partial charge >= 0.3 is 0 Å². The minimum absolute atomic E-state index is 0.00261. The molecule has 0 aliphatic heterocycles. The number of ether oxygens (including phenoxy) is 1. The average Bonchev–Trinajstić information content (AvgIpc) is 2.64. The van der Waals surface area contributed by atoms with E-state index in [1.54, 1.807) is 11.8 Å². The van der Waals surface area contributed by atoms with Crippen LogP contribution in [0.1, 0.15) is 36.5 Å². The van der Waals surface area contributed by atoms with Crippen LogP contribution in [0.15, 0.2) is 63.9 Å². The highest BCUT2D eigenvalue weighted by atomic mass is 32.2. The Morgan fingerprint density at radius 2 is 1.79 bits per heavy atom. The Bertz CT molecular complexity index is 880. The maximum atomic E-state index is 12.6. The van der Waals surface area contributed by atoms with Gasteiger partial charge in [0.25, 0.3) is 0 Å². The Labute approximate surface area is 177 Å². The molecule has 1 aliphatic rings. The minimum Gasteiger partial charge on any atom is -0.376 e. The molecule has 0 aromatic heterocycles. The summed E-state index contributed by atoms with van der Waals surface area (Å²) in [5, 5.41) is 0. The Morgan fingerprint density at radius 1 is 1.11 bits per heavy atom. The van der Waals surface area contributed by atoms with E-state index in [-0.39, 0.29) is 11.7 Å². The van der Waals surface area contributed by atoms with E-state index in [0.717, 1.165) is 32.2 Å². The van der Waals surface area contributed by atoms with E-state index in [1.165, 1.54) is 11.1 Å². The fourth-order valence-corrected chi connectivity index (χ4v) is 5.41. The maximum absolute atomic E-state index is 12.6. The molecule has 3 rings (SSSR count). The normalized spacial score (nSPS) is 17.3. The van der Waals surface area contributed by atoms with Crippen LogP contribution in [-0.4, -0.2) is 17.3 Å². The molecule has 1 atom stereocenters. The van der Waals surface area contributed by atoms with Crippen molar-refractivity contribution in [1.82, 2.24) is 0 Å². The SMILES string of the molecule is CCC1=C(Sc2cc(C)cc(C)c2)C(COCc2ccccc2)C(=S)CC1=O. The van der Waals surface area contributed by atoms with Crippen molar-refractivity contribution in [1.29, 1.82) is 0 Å². The molecule has 1 aliphatic carbocycles. The van der Waals surface area contributed by atoms with Crippen LogP contribution in [0, 0.1) is 19.8 Å². The Kier molecular flexibility index (Phi) is 7.22. The van der Waals surface area contributed by atoms with Crippen molar-refractivity contribution in [3.8, 4) is 0 Å². The van der Waals surface area contributed by atoms with E-state index in [1.807, 2.05) is 25.1 Å². The van der Waals surface area contributed by atoms with E-state index in [4.69, 9.17) is 17.0 Å². The fourth-order valence-electron chi connectivity index (χ4n) is 3.54. The van der Waals surface area contributed by atoms with E-state index < -0.39 is 0 Å². The molecular weight excluding hydrogens is 384 g/mol. The van der Waals surface area contributed by atoms with Crippen molar-refractivity contribution in [3.63, 3.8) is 0 Å². The predicted molar refractivity (Wildman–Crippen MR) is 121 cm³/mol. The number of hydrogen-bond acceptors (Lipinski definition) is 4. The number of benzene rings is 2. The van der Waals surface area contributed by atoms with Crippen molar-refractivity contribution in [2.24, 2.45) is 5.92 Å². The molecule has 0 N–H and O–H groups in total. The lowest BCUT2D eigenvalue weighted by Gasteiger charge is -2.28. The van der Waals surface area contributed by atoms with Crippen LogP contribution in [0.3, 0.4) is 0 Å².